The first-order valence-electron chi connectivity index (χ1n) is 7.68. The van der Waals surface area contributed by atoms with E-state index in [9.17, 15) is 14.7 Å². The second kappa shape index (κ2) is 7.75. The Morgan fingerprint density at radius 1 is 1.29 bits per heavy atom. The Bertz CT molecular complexity index is 357. The third kappa shape index (κ3) is 5.63. The van der Waals surface area contributed by atoms with Crippen molar-refractivity contribution in [2.45, 2.75) is 69.9 Å². The first-order valence-corrected chi connectivity index (χ1v) is 7.68. The van der Waals surface area contributed by atoms with Crippen LogP contribution >= 0.6 is 0 Å². The molecule has 0 aromatic rings. The molecule has 1 aliphatic rings. The summed E-state index contributed by atoms with van der Waals surface area (Å²) in [4.78, 5) is 23.2. The largest absolute Gasteiger partial charge is 0.481 e. The van der Waals surface area contributed by atoms with Crippen molar-refractivity contribution in [2.75, 3.05) is 13.2 Å². The van der Waals surface area contributed by atoms with Gasteiger partial charge in [-0.1, -0.05) is 26.7 Å². The summed E-state index contributed by atoms with van der Waals surface area (Å²) in [5, 5.41) is 22.3. The number of aliphatic carboxylic acids is 1. The fraction of sp³-hybridized carbons (Fsp3) is 0.867. The molecule has 6 nitrogen and oxygen atoms in total. The minimum atomic E-state index is -1.00. The molecule has 1 fully saturated rings. The molecular weight excluding hydrogens is 274 g/mol. The molecule has 0 spiro atoms. The molecule has 1 heterocycles. The van der Waals surface area contributed by atoms with Gasteiger partial charge in [-0.25, -0.2) is 0 Å². The third-order valence-electron chi connectivity index (χ3n) is 3.92. The lowest BCUT2D eigenvalue weighted by Gasteiger charge is -2.31. The summed E-state index contributed by atoms with van der Waals surface area (Å²) >= 11 is 0. The van der Waals surface area contributed by atoms with Crippen LogP contribution in [0.25, 0.3) is 0 Å². The summed E-state index contributed by atoms with van der Waals surface area (Å²) in [7, 11) is 0. The van der Waals surface area contributed by atoms with Gasteiger partial charge >= 0.3 is 5.97 Å². The fourth-order valence-corrected chi connectivity index (χ4v) is 3.05. The Morgan fingerprint density at radius 3 is 2.33 bits per heavy atom. The van der Waals surface area contributed by atoms with Gasteiger partial charge in [0.25, 0.3) is 0 Å². The Balaban J connectivity index is 2.66. The molecule has 0 aliphatic carbocycles. The molecule has 1 unspecified atom stereocenters. The van der Waals surface area contributed by atoms with Crippen LogP contribution in [0.15, 0.2) is 0 Å². The normalized spacial score (nSPS) is 22.2. The Labute approximate surface area is 125 Å². The summed E-state index contributed by atoms with van der Waals surface area (Å²) in [6.45, 7) is 4.59. The van der Waals surface area contributed by atoms with Crippen molar-refractivity contribution in [3.63, 3.8) is 0 Å². The van der Waals surface area contributed by atoms with Gasteiger partial charge in [-0.05, 0) is 19.3 Å². The third-order valence-corrected chi connectivity index (χ3v) is 3.92. The van der Waals surface area contributed by atoms with Gasteiger partial charge in [-0.15, -0.1) is 0 Å². The van der Waals surface area contributed by atoms with E-state index in [0.29, 0.717) is 25.9 Å². The Hall–Kier alpha value is -1.14. The van der Waals surface area contributed by atoms with Gasteiger partial charge in [0.2, 0.25) is 5.91 Å². The minimum absolute atomic E-state index is 0.00997. The lowest BCUT2D eigenvalue weighted by Crippen LogP contribution is -2.52. The highest BCUT2D eigenvalue weighted by atomic mass is 16.5. The number of nitrogens with one attached hydrogen (secondary N) is 1. The second-order valence-corrected chi connectivity index (χ2v) is 6.10. The number of carboxylic acid groups (broad SMARTS) is 1. The Kier molecular flexibility index (Phi) is 6.61. The SMILES string of the molecule is CCCC(O)(CCC)CC(=O)NC1(CC(=O)O)CCOC1. The molecule has 0 aromatic heterocycles. The molecule has 0 aromatic carbocycles. The molecule has 1 rings (SSSR count). The number of hydrogen-bond acceptors (Lipinski definition) is 4. The van der Waals surface area contributed by atoms with Crippen molar-refractivity contribution in [1.29, 1.82) is 0 Å². The van der Waals surface area contributed by atoms with Crippen LogP contribution in [0.1, 0.15) is 58.8 Å². The molecule has 1 atom stereocenters. The van der Waals surface area contributed by atoms with Gasteiger partial charge in [0.1, 0.15) is 0 Å². The highest BCUT2D eigenvalue weighted by molar-refractivity contribution is 5.79. The second-order valence-electron chi connectivity index (χ2n) is 6.10. The molecule has 6 heteroatoms. The fourth-order valence-electron chi connectivity index (χ4n) is 3.05. The van der Waals surface area contributed by atoms with Crippen molar-refractivity contribution >= 4 is 11.9 Å². The smallest absolute Gasteiger partial charge is 0.305 e. The molecule has 1 aliphatic heterocycles. The Morgan fingerprint density at radius 2 is 1.90 bits per heavy atom. The average molecular weight is 301 g/mol. The van der Waals surface area contributed by atoms with Crippen molar-refractivity contribution < 1.29 is 24.5 Å². The van der Waals surface area contributed by atoms with E-state index in [1.54, 1.807) is 0 Å². The van der Waals surface area contributed by atoms with Crippen molar-refractivity contribution in [1.82, 2.24) is 5.32 Å². The number of aliphatic hydroxyl groups is 1. The predicted octanol–water partition coefficient (Wildman–Crippen LogP) is 1.46. The van der Waals surface area contributed by atoms with E-state index in [1.807, 2.05) is 13.8 Å². The topological polar surface area (TPSA) is 95.9 Å². The van der Waals surface area contributed by atoms with Crippen LogP contribution in [-0.4, -0.2) is 46.4 Å². The van der Waals surface area contributed by atoms with Gasteiger partial charge in [-0.2, -0.15) is 0 Å². The van der Waals surface area contributed by atoms with Crippen molar-refractivity contribution in [2.24, 2.45) is 0 Å². The number of hydrogen-bond donors (Lipinski definition) is 3. The lowest BCUT2D eigenvalue weighted by molar-refractivity contribution is -0.139. The number of amides is 1. The van der Waals surface area contributed by atoms with E-state index in [1.165, 1.54) is 0 Å². The summed E-state index contributed by atoms with van der Waals surface area (Å²) in [5.74, 6) is -1.26. The van der Waals surface area contributed by atoms with Crippen LogP contribution in [0.3, 0.4) is 0 Å². The number of rotatable bonds is 9. The standard InChI is InChI=1S/C15H27NO5/c1-3-5-15(20,6-4-2)9-12(17)16-14(10-13(18)19)7-8-21-11-14/h20H,3-11H2,1-2H3,(H,16,17)(H,18,19). The maximum atomic E-state index is 12.2. The molecule has 1 amide bonds. The van der Waals surface area contributed by atoms with E-state index in [4.69, 9.17) is 9.84 Å². The lowest BCUT2D eigenvalue weighted by atomic mass is 9.87. The highest BCUT2D eigenvalue weighted by Gasteiger charge is 2.40. The zero-order valence-corrected chi connectivity index (χ0v) is 13.0. The van der Waals surface area contributed by atoms with Gasteiger partial charge in [-0.3, -0.25) is 9.59 Å². The monoisotopic (exact) mass is 301 g/mol. The summed E-state index contributed by atoms with van der Waals surface area (Å²) in [6.07, 6.45) is 3.08. The summed E-state index contributed by atoms with van der Waals surface area (Å²) in [6, 6.07) is 0. The number of ether oxygens (including phenoxy) is 1. The van der Waals surface area contributed by atoms with Crippen LogP contribution in [-0.2, 0) is 14.3 Å². The molecule has 0 bridgehead atoms. The van der Waals surface area contributed by atoms with Crippen LogP contribution in [0.2, 0.25) is 0 Å². The average Bonchev–Trinajstić information content (AvgIpc) is 2.75. The first-order chi connectivity index (χ1) is 9.85. The van der Waals surface area contributed by atoms with E-state index in [-0.39, 0.29) is 25.4 Å². The maximum absolute atomic E-state index is 12.2. The molecule has 0 radical (unpaired) electrons. The predicted molar refractivity (Wildman–Crippen MR) is 77.9 cm³/mol. The molecule has 21 heavy (non-hydrogen) atoms. The molecule has 122 valence electrons. The van der Waals surface area contributed by atoms with Crippen molar-refractivity contribution in [3.8, 4) is 0 Å². The van der Waals surface area contributed by atoms with Crippen LogP contribution in [0.4, 0.5) is 0 Å². The summed E-state index contributed by atoms with van der Waals surface area (Å²) in [5.41, 5.74) is -1.83. The van der Waals surface area contributed by atoms with Crippen LogP contribution < -0.4 is 5.32 Å². The van der Waals surface area contributed by atoms with E-state index >= 15 is 0 Å². The maximum Gasteiger partial charge on any atom is 0.305 e. The quantitative estimate of drug-likeness (QED) is 0.599. The number of carbonyl (C=O) groups is 2. The van der Waals surface area contributed by atoms with Crippen LogP contribution in [0, 0.1) is 0 Å². The van der Waals surface area contributed by atoms with Crippen molar-refractivity contribution in [3.05, 3.63) is 0 Å². The van der Waals surface area contributed by atoms with Gasteiger partial charge in [0, 0.05) is 6.61 Å². The zero-order valence-electron chi connectivity index (χ0n) is 13.0. The van der Waals surface area contributed by atoms with E-state index in [2.05, 4.69) is 5.32 Å². The van der Waals surface area contributed by atoms with Gasteiger partial charge < -0.3 is 20.3 Å². The number of carboxylic acids is 1. The van der Waals surface area contributed by atoms with E-state index < -0.39 is 17.1 Å². The number of carbonyl (C=O) groups excluding carboxylic acids is 1. The molecular formula is C15H27NO5. The summed E-state index contributed by atoms with van der Waals surface area (Å²) < 4.78 is 5.25. The van der Waals surface area contributed by atoms with Crippen LogP contribution in [0.5, 0.6) is 0 Å². The highest BCUT2D eigenvalue weighted by Crippen LogP contribution is 2.26. The minimum Gasteiger partial charge on any atom is -0.481 e. The molecule has 0 saturated carbocycles. The van der Waals surface area contributed by atoms with E-state index in [0.717, 1.165) is 12.8 Å². The zero-order chi connectivity index (χ0) is 15.9. The molecule has 3 N–H and O–H groups in total. The van der Waals surface area contributed by atoms with Gasteiger partial charge in [0.15, 0.2) is 0 Å². The first kappa shape index (κ1) is 17.9. The molecule has 1 saturated heterocycles. The van der Waals surface area contributed by atoms with Gasteiger partial charge in [0.05, 0.1) is 30.6 Å².